The Hall–Kier alpha value is -1.76. The molecule has 1 atom stereocenters. The van der Waals surface area contributed by atoms with Gasteiger partial charge in [-0.3, -0.25) is 4.90 Å². The third kappa shape index (κ3) is 3.60. The van der Waals surface area contributed by atoms with Gasteiger partial charge in [0.05, 0.1) is 5.56 Å². The zero-order valence-electron chi connectivity index (χ0n) is 12.8. The van der Waals surface area contributed by atoms with Crippen LogP contribution >= 0.6 is 0 Å². The molecule has 2 aliphatic heterocycles. The van der Waals surface area contributed by atoms with Crippen LogP contribution in [0.3, 0.4) is 0 Å². The van der Waals surface area contributed by atoms with E-state index in [1.165, 1.54) is 12.1 Å². The predicted molar refractivity (Wildman–Crippen MR) is 79.8 cm³/mol. The summed E-state index contributed by atoms with van der Waals surface area (Å²) in [6.45, 7) is 3.10. The second-order valence-electron chi connectivity index (χ2n) is 6.09. The Bertz CT molecular complexity index is 576. The lowest BCUT2D eigenvalue weighted by Gasteiger charge is -2.37. The highest BCUT2D eigenvalue weighted by atomic mass is 19.4. The summed E-state index contributed by atoms with van der Waals surface area (Å²) in [5.41, 5.74) is -0.603. The summed E-state index contributed by atoms with van der Waals surface area (Å²) in [6, 6.07) is 5.46. The SMILES string of the molecule is O=C(NCc1ccccc1C(F)(F)F)N1CCN2CCCC2C1. The number of fused-ring (bicyclic) bond motifs is 1. The lowest BCUT2D eigenvalue weighted by Crippen LogP contribution is -2.54. The van der Waals surface area contributed by atoms with Gasteiger partial charge in [-0.15, -0.1) is 0 Å². The maximum absolute atomic E-state index is 12.9. The van der Waals surface area contributed by atoms with Crippen LogP contribution in [0.4, 0.5) is 18.0 Å². The number of carbonyl (C=O) groups excluding carboxylic acids is 1. The summed E-state index contributed by atoms with van der Waals surface area (Å²) in [4.78, 5) is 16.3. The minimum Gasteiger partial charge on any atom is -0.334 e. The van der Waals surface area contributed by atoms with E-state index in [-0.39, 0.29) is 18.1 Å². The van der Waals surface area contributed by atoms with Crippen molar-refractivity contribution in [3.8, 4) is 0 Å². The van der Waals surface area contributed by atoms with Crippen LogP contribution < -0.4 is 5.32 Å². The highest BCUT2D eigenvalue weighted by molar-refractivity contribution is 5.74. The Labute approximate surface area is 133 Å². The van der Waals surface area contributed by atoms with Crippen molar-refractivity contribution < 1.29 is 18.0 Å². The molecule has 1 N–H and O–H groups in total. The van der Waals surface area contributed by atoms with Gasteiger partial charge in [0.15, 0.2) is 0 Å². The number of nitrogens with zero attached hydrogens (tertiary/aromatic N) is 2. The van der Waals surface area contributed by atoms with E-state index in [9.17, 15) is 18.0 Å². The molecule has 1 aromatic carbocycles. The quantitative estimate of drug-likeness (QED) is 0.906. The van der Waals surface area contributed by atoms with Crippen LogP contribution in [0.15, 0.2) is 24.3 Å². The first-order valence-corrected chi connectivity index (χ1v) is 7.87. The molecule has 2 heterocycles. The lowest BCUT2D eigenvalue weighted by molar-refractivity contribution is -0.138. The number of piperazine rings is 1. The fourth-order valence-electron chi connectivity index (χ4n) is 3.41. The van der Waals surface area contributed by atoms with Crippen molar-refractivity contribution >= 4 is 6.03 Å². The van der Waals surface area contributed by atoms with Gasteiger partial charge >= 0.3 is 12.2 Å². The van der Waals surface area contributed by atoms with Crippen LogP contribution in [0.5, 0.6) is 0 Å². The van der Waals surface area contributed by atoms with Crippen LogP contribution in [0.2, 0.25) is 0 Å². The van der Waals surface area contributed by atoms with E-state index < -0.39 is 11.7 Å². The third-order valence-corrected chi connectivity index (χ3v) is 4.63. The average molecular weight is 327 g/mol. The van der Waals surface area contributed by atoms with Gasteiger partial charge in [0.25, 0.3) is 0 Å². The van der Waals surface area contributed by atoms with Crippen molar-refractivity contribution in [2.75, 3.05) is 26.2 Å². The van der Waals surface area contributed by atoms with E-state index in [4.69, 9.17) is 0 Å². The third-order valence-electron chi connectivity index (χ3n) is 4.63. The van der Waals surface area contributed by atoms with Gasteiger partial charge < -0.3 is 10.2 Å². The van der Waals surface area contributed by atoms with E-state index in [2.05, 4.69) is 10.2 Å². The molecule has 126 valence electrons. The van der Waals surface area contributed by atoms with Crippen LogP contribution in [0, 0.1) is 0 Å². The Morgan fingerprint density at radius 3 is 2.78 bits per heavy atom. The summed E-state index contributed by atoms with van der Waals surface area (Å²) in [5.74, 6) is 0. The highest BCUT2D eigenvalue weighted by Crippen LogP contribution is 2.31. The van der Waals surface area contributed by atoms with E-state index >= 15 is 0 Å². The maximum Gasteiger partial charge on any atom is 0.416 e. The van der Waals surface area contributed by atoms with E-state index in [1.807, 2.05) is 0 Å². The molecule has 0 saturated carbocycles. The molecule has 23 heavy (non-hydrogen) atoms. The summed E-state index contributed by atoms with van der Waals surface area (Å²) >= 11 is 0. The van der Waals surface area contributed by atoms with Gasteiger partial charge in [0.2, 0.25) is 0 Å². The number of amides is 2. The van der Waals surface area contributed by atoms with Crippen molar-refractivity contribution in [2.24, 2.45) is 0 Å². The number of benzene rings is 1. The lowest BCUT2D eigenvalue weighted by atomic mass is 10.1. The number of alkyl halides is 3. The molecule has 0 bridgehead atoms. The molecule has 2 fully saturated rings. The Morgan fingerprint density at radius 1 is 1.22 bits per heavy atom. The normalized spacial score (nSPS) is 22.0. The van der Waals surface area contributed by atoms with Gasteiger partial charge in [0, 0.05) is 32.2 Å². The summed E-state index contributed by atoms with van der Waals surface area (Å²) in [5, 5.41) is 2.63. The van der Waals surface area contributed by atoms with Gasteiger partial charge in [-0.1, -0.05) is 18.2 Å². The number of hydrogen-bond acceptors (Lipinski definition) is 2. The van der Waals surface area contributed by atoms with Crippen molar-refractivity contribution in [1.82, 2.24) is 15.1 Å². The molecule has 4 nitrogen and oxygen atoms in total. The largest absolute Gasteiger partial charge is 0.416 e. The first kappa shape index (κ1) is 16.1. The zero-order valence-corrected chi connectivity index (χ0v) is 12.8. The Kier molecular flexibility index (Phi) is 4.48. The van der Waals surface area contributed by atoms with Crippen molar-refractivity contribution in [3.05, 3.63) is 35.4 Å². The second-order valence-corrected chi connectivity index (χ2v) is 6.09. The molecule has 0 aromatic heterocycles. The summed E-state index contributed by atoms with van der Waals surface area (Å²) in [7, 11) is 0. The summed E-state index contributed by atoms with van der Waals surface area (Å²) in [6.07, 6.45) is -2.17. The van der Waals surface area contributed by atoms with Crippen molar-refractivity contribution in [1.29, 1.82) is 0 Å². The molecular formula is C16H20F3N3O. The highest BCUT2D eigenvalue weighted by Gasteiger charge is 2.34. The van der Waals surface area contributed by atoms with Crippen LogP contribution in [-0.4, -0.2) is 48.1 Å². The maximum atomic E-state index is 12.9. The number of urea groups is 1. The Balaban J connectivity index is 1.59. The monoisotopic (exact) mass is 327 g/mol. The average Bonchev–Trinajstić information content (AvgIpc) is 2.99. The van der Waals surface area contributed by atoms with Crippen molar-refractivity contribution in [2.45, 2.75) is 31.6 Å². The molecule has 3 rings (SSSR count). The number of carbonyl (C=O) groups is 1. The van der Waals surface area contributed by atoms with Crippen LogP contribution in [0.1, 0.15) is 24.0 Å². The molecular weight excluding hydrogens is 307 g/mol. The van der Waals surface area contributed by atoms with E-state index in [1.54, 1.807) is 11.0 Å². The molecule has 2 amide bonds. The number of rotatable bonds is 2. The number of hydrogen-bond donors (Lipinski definition) is 1. The number of halogens is 3. The van der Waals surface area contributed by atoms with Gasteiger partial charge in [-0.05, 0) is 31.0 Å². The molecule has 0 spiro atoms. The van der Waals surface area contributed by atoms with Gasteiger partial charge in [-0.25, -0.2) is 4.79 Å². The molecule has 2 saturated heterocycles. The van der Waals surface area contributed by atoms with E-state index in [0.29, 0.717) is 19.1 Å². The molecule has 2 aliphatic rings. The minimum absolute atomic E-state index is 0.0906. The first-order chi connectivity index (χ1) is 10.9. The topological polar surface area (TPSA) is 35.6 Å². The van der Waals surface area contributed by atoms with Crippen molar-refractivity contribution in [3.63, 3.8) is 0 Å². The molecule has 1 unspecified atom stereocenters. The zero-order chi connectivity index (χ0) is 16.4. The minimum atomic E-state index is -4.41. The standard InChI is InChI=1S/C16H20F3N3O/c17-16(18,19)14-6-2-1-4-12(14)10-20-15(23)22-9-8-21-7-3-5-13(21)11-22/h1-2,4,6,13H,3,5,7-11H2,(H,20,23). The fourth-order valence-corrected chi connectivity index (χ4v) is 3.41. The predicted octanol–water partition coefficient (Wildman–Crippen LogP) is 2.70. The molecule has 0 aliphatic carbocycles. The summed E-state index contributed by atoms with van der Waals surface area (Å²) < 4.78 is 38.8. The van der Waals surface area contributed by atoms with E-state index in [0.717, 1.165) is 32.0 Å². The van der Waals surface area contributed by atoms with Gasteiger partial charge in [0.1, 0.15) is 0 Å². The first-order valence-electron chi connectivity index (χ1n) is 7.87. The smallest absolute Gasteiger partial charge is 0.334 e. The fraction of sp³-hybridized carbons (Fsp3) is 0.562. The molecule has 0 radical (unpaired) electrons. The van der Waals surface area contributed by atoms with Crippen LogP contribution in [0.25, 0.3) is 0 Å². The molecule has 7 heteroatoms. The van der Waals surface area contributed by atoms with Gasteiger partial charge in [-0.2, -0.15) is 13.2 Å². The number of nitrogens with one attached hydrogen (secondary N) is 1. The van der Waals surface area contributed by atoms with Crippen LogP contribution in [-0.2, 0) is 12.7 Å². The molecule has 1 aromatic rings. The Morgan fingerprint density at radius 2 is 2.00 bits per heavy atom. The second kappa shape index (κ2) is 6.39.